The molecule has 0 unspecified atom stereocenters. The van der Waals surface area contributed by atoms with Crippen LogP contribution in [0.3, 0.4) is 0 Å². The van der Waals surface area contributed by atoms with E-state index in [9.17, 15) is 0 Å². The molecule has 0 fully saturated rings. The smallest absolute Gasteiger partial charge is 1.00 e. The van der Waals surface area contributed by atoms with Gasteiger partial charge in [0.2, 0.25) is 0 Å². The van der Waals surface area contributed by atoms with Crippen LogP contribution in [0.5, 0.6) is 0 Å². The SMILES string of the molecule is [F-].[F-].[H+].c1ccc(P(=[N+]=P(c2ccccc2)(c2ccccc2)c2ccccc2)(c2ccccc2)c2ccccc2)cc1. The maximum atomic E-state index is 6.38. The van der Waals surface area contributed by atoms with Crippen LogP contribution in [0.15, 0.2) is 182 Å². The van der Waals surface area contributed by atoms with Crippen molar-refractivity contribution in [3.8, 4) is 0 Å². The average molecular weight is 578 g/mol. The van der Waals surface area contributed by atoms with Crippen molar-refractivity contribution in [3.63, 3.8) is 0 Å². The first-order chi connectivity index (χ1) is 19.3. The summed E-state index contributed by atoms with van der Waals surface area (Å²) in [6.45, 7) is 0. The van der Waals surface area contributed by atoms with E-state index in [0.717, 1.165) is 0 Å². The van der Waals surface area contributed by atoms with Crippen molar-refractivity contribution >= 4 is 45.9 Å². The molecule has 0 aliphatic rings. The Kier molecular flexibility index (Phi) is 9.72. The molecule has 0 saturated heterocycles. The fourth-order valence-corrected chi connectivity index (χ4v) is 14.8. The Bertz CT molecular complexity index is 1440. The number of rotatable bonds is 6. The molecule has 6 aromatic carbocycles. The predicted octanol–water partition coefficient (Wildman–Crippen LogP) is 0.530. The zero-order chi connectivity index (χ0) is 26.4. The molecule has 0 saturated carbocycles. The summed E-state index contributed by atoms with van der Waals surface area (Å²) >= 11 is 0. The molecule has 0 amide bonds. The lowest BCUT2D eigenvalue weighted by Crippen LogP contribution is -3.00. The third kappa shape index (κ3) is 5.54. The highest BCUT2D eigenvalue weighted by atomic mass is 31.2. The van der Waals surface area contributed by atoms with E-state index >= 15 is 0 Å². The zero-order valence-corrected chi connectivity index (χ0v) is 24.2. The van der Waals surface area contributed by atoms with E-state index < -0.39 is 14.1 Å². The van der Waals surface area contributed by atoms with Gasteiger partial charge in [0.15, 0.2) is 0 Å². The van der Waals surface area contributed by atoms with E-state index in [1.165, 1.54) is 31.8 Å². The molecule has 0 aromatic heterocycles. The lowest BCUT2D eigenvalue weighted by Gasteiger charge is -2.20. The number of hydrogen-bond donors (Lipinski definition) is 0. The molecule has 0 N–H and O–H groups in total. The Morgan fingerprint density at radius 3 is 0.561 bits per heavy atom. The molecule has 5 heteroatoms. The van der Waals surface area contributed by atoms with Gasteiger partial charge in [0, 0.05) is 0 Å². The first kappa shape index (κ1) is 29.7. The van der Waals surface area contributed by atoms with Crippen molar-refractivity contribution in [1.29, 1.82) is 0 Å². The van der Waals surface area contributed by atoms with Gasteiger partial charge < -0.3 is 9.41 Å². The fraction of sp³-hybridized carbons (Fsp3) is 0. The van der Waals surface area contributed by atoms with E-state index in [2.05, 4.69) is 182 Å². The summed E-state index contributed by atoms with van der Waals surface area (Å²) in [5, 5.41) is 7.55. The second kappa shape index (κ2) is 13.4. The third-order valence-corrected chi connectivity index (χ3v) is 15.5. The standard InChI is InChI=1S/C36H30NP2.2FH/c1-7-19-31(20-8-1)38(32-21-9-2-10-22-32,33-23-11-3-12-24-33)37-39(34-25-13-4-14-26-34,35-27-15-5-16-28-35)36-29-17-6-18-30-36;;/h1-30H;2*1H/q+1;;/p-1. The van der Waals surface area contributed by atoms with Crippen molar-refractivity contribution in [1.82, 2.24) is 4.17 Å². The summed E-state index contributed by atoms with van der Waals surface area (Å²) in [6.07, 6.45) is 0. The molecule has 0 spiro atoms. The van der Waals surface area contributed by atoms with E-state index in [1.807, 2.05) is 0 Å². The van der Waals surface area contributed by atoms with Crippen molar-refractivity contribution in [2.24, 2.45) is 0 Å². The minimum Gasteiger partial charge on any atom is -1.00 e. The lowest BCUT2D eigenvalue weighted by atomic mass is 10.4. The minimum absolute atomic E-state index is 0. The number of benzene rings is 6. The fourth-order valence-electron chi connectivity index (χ4n) is 5.27. The molecule has 0 bridgehead atoms. The van der Waals surface area contributed by atoms with Gasteiger partial charge in [-0.15, -0.1) is 4.17 Å². The monoisotopic (exact) mass is 577 g/mol. The molecular formula is C36H31F2NP2. The van der Waals surface area contributed by atoms with Gasteiger partial charge in [-0.25, -0.2) is 0 Å². The van der Waals surface area contributed by atoms with Gasteiger partial charge in [-0.1, -0.05) is 109 Å². The number of hydrogen-bond acceptors (Lipinski definition) is 0. The second-order valence-electron chi connectivity index (χ2n) is 9.37. The summed E-state index contributed by atoms with van der Waals surface area (Å²) in [5.74, 6) is 0. The Hall–Kier alpha value is -4.25. The highest BCUT2D eigenvalue weighted by Gasteiger charge is 2.44. The van der Waals surface area contributed by atoms with Crippen LogP contribution in [-0.4, -0.2) is 0 Å². The quantitative estimate of drug-likeness (QED) is 0.203. The minimum atomic E-state index is -2.50. The Morgan fingerprint density at radius 2 is 0.415 bits per heavy atom. The van der Waals surface area contributed by atoms with Crippen LogP contribution in [-0.2, 0) is 0 Å². The van der Waals surface area contributed by atoms with Crippen LogP contribution in [0.4, 0.5) is 0 Å². The molecule has 0 aliphatic carbocycles. The van der Waals surface area contributed by atoms with Gasteiger partial charge in [-0.3, -0.25) is 0 Å². The summed E-state index contributed by atoms with van der Waals surface area (Å²) in [7, 11) is -4.99. The van der Waals surface area contributed by atoms with Crippen molar-refractivity contribution in [3.05, 3.63) is 182 Å². The Labute approximate surface area is 242 Å². The van der Waals surface area contributed by atoms with Crippen LogP contribution in [0.1, 0.15) is 1.43 Å². The van der Waals surface area contributed by atoms with Crippen LogP contribution in [0.25, 0.3) is 0 Å². The predicted molar refractivity (Wildman–Crippen MR) is 174 cm³/mol. The van der Waals surface area contributed by atoms with Gasteiger partial charge in [0.1, 0.15) is 0 Å². The van der Waals surface area contributed by atoms with Gasteiger partial charge in [-0.2, -0.15) is 0 Å². The van der Waals surface area contributed by atoms with Crippen molar-refractivity contribution in [2.45, 2.75) is 0 Å². The molecular weight excluding hydrogens is 546 g/mol. The summed E-state index contributed by atoms with van der Waals surface area (Å²) in [6, 6.07) is 65.7. The van der Waals surface area contributed by atoms with Gasteiger partial charge in [-0.05, 0) is 72.8 Å². The molecule has 1 nitrogen and oxygen atoms in total. The van der Waals surface area contributed by atoms with E-state index in [0.29, 0.717) is 0 Å². The second-order valence-corrected chi connectivity index (χ2v) is 15.7. The molecule has 0 heterocycles. The summed E-state index contributed by atoms with van der Waals surface area (Å²) in [4.78, 5) is 0. The van der Waals surface area contributed by atoms with E-state index in [1.54, 1.807) is 0 Å². The van der Waals surface area contributed by atoms with Crippen LogP contribution < -0.4 is 45.4 Å². The largest absolute Gasteiger partial charge is 1.00 e. The lowest BCUT2D eigenvalue weighted by molar-refractivity contribution is -0.00100. The molecule has 41 heavy (non-hydrogen) atoms. The maximum Gasteiger partial charge on any atom is 1.00 e. The highest BCUT2D eigenvalue weighted by Crippen LogP contribution is 2.50. The Balaban J connectivity index is 0.00000161. The third-order valence-electron chi connectivity index (χ3n) is 7.05. The molecule has 0 atom stereocenters. The first-order valence-electron chi connectivity index (χ1n) is 13.2. The molecule has 0 radical (unpaired) electrons. The van der Waals surface area contributed by atoms with E-state index in [4.69, 9.17) is 4.17 Å². The molecule has 6 rings (SSSR count). The highest BCUT2D eigenvalue weighted by molar-refractivity contribution is 7.93. The van der Waals surface area contributed by atoms with E-state index in [-0.39, 0.29) is 10.8 Å². The Morgan fingerprint density at radius 1 is 0.268 bits per heavy atom. The topological polar surface area (TPSA) is 14.1 Å². The summed E-state index contributed by atoms with van der Waals surface area (Å²) in [5.41, 5.74) is 0. The van der Waals surface area contributed by atoms with Crippen LogP contribution in [0, 0.1) is 0 Å². The summed E-state index contributed by atoms with van der Waals surface area (Å²) < 4.78 is 6.38. The number of halogens is 2. The number of nitrogens with zero attached hydrogens (tertiary/aromatic N) is 1. The first-order valence-corrected chi connectivity index (χ1v) is 16.7. The van der Waals surface area contributed by atoms with Crippen LogP contribution in [0.2, 0.25) is 0 Å². The zero-order valence-electron chi connectivity index (χ0n) is 23.4. The van der Waals surface area contributed by atoms with Crippen molar-refractivity contribution < 1.29 is 10.8 Å². The van der Waals surface area contributed by atoms with Gasteiger partial charge in [0.05, 0.1) is 31.8 Å². The maximum absolute atomic E-state index is 6.38. The molecule has 204 valence electrons. The average Bonchev–Trinajstić information content (AvgIpc) is 3.04. The van der Waals surface area contributed by atoms with Crippen molar-refractivity contribution in [2.75, 3.05) is 0 Å². The van der Waals surface area contributed by atoms with Gasteiger partial charge >= 0.3 is 15.5 Å². The molecule has 6 aromatic rings. The molecule has 0 aliphatic heterocycles. The van der Waals surface area contributed by atoms with Crippen LogP contribution >= 0.6 is 14.1 Å². The van der Waals surface area contributed by atoms with Gasteiger partial charge in [0.25, 0.3) is 0 Å². The normalized spacial score (nSPS) is 10.9.